The molecule has 0 aliphatic carbocycles. The summed E-state index contributed by atoms with van der Waals surface area (Å²) in [5.41, 5.74) is 1.40. The molecule has 0 spiro atoms. The van der Waals surface area contributed by atoms with Crippen LogP contribution in [0.2, 0.25) is 0 Å². The molecule has 0 aliphatic rings. The molecule has 2 nitrogen and oxygen atoms in total. The van der Waals surface area contributed by atoms with Gasteiger partial charge in [-0.25, -0.2) is 0 Å². The minimum Gasteiger partial charge on any atom is -0.494 e. The van der Waals surface area contributed by atoms with Crippen LogP contribution in [0.15, 0.2) is 24.3 Å². The second-order valence-electron chi connectivity index (χ2n) is 5.90. The van der Waals surface area contributed by atoms with Crippen LogP contribution in [0, 0.1) is 0 Å². The first-order chi connectivity index (χ1) is 9.63. The maximum atomic E-state index is 5.78. The first kappa shape index (κ1) is 17.0. The molecular formula is C18H31NO. The standard InChI is InChI=1S/C18H31NO/c1-5-16(4)17-9-11-18(12-10-17)20-14-8-6-7-13-19-15(2)3/h9-12,15-16,19H,5-8,13-14H2,1-4H3. The smallest absolute Gasteiger partial charge is 0.119 e. The maximum absolute atomic E-state index is 5.78. The topological polar surface area (TPSA) is 21.3 Å². The van der Waals surface area contributed by atoms with Gasteiger partial charge in [-0.05, 0) is 55.8 Å². The summed E-state index contributed by atoms with van der Waals surface area (Å²) in [4.78, 5) is 0. The Bertz CT molecular complexity index is 345. The summed E-state index contributed by atoms with van der Waals surface area (Å²) in [6.07, 6.45) is 4.77. The lowest BCUT2D eigenvalue weighted by atomic mass is 9.99. The zero-order chi connectivity index (χ0) is 14.8. The lowest BCUT2D eigenvalue weighted by molar-refractivity contribution is 0.304. The molecule has 114 valence electrons. The van der Waals surface area contributed by atoms with Crippen LogP contribution < -0.4 is 10.1 Å². The van der Waals surface area contributed by atoms with Crippen molar-refractivity contribution in [3.05, 3.63) is 29.8 Å². The second-order valence-corrected chi connectivity index (χ2v) is 5.90. The van der Waals surface area contributed by atoms with Gasteiger partial charge >= 0.3 is 0 Å². The maximum Gasteiger partial charge on any atom is 0.119 e. The van der Waals surface area contributed by atoms with Crippen LogP contribution in [0.1, 0.15) is 64.9 Å². The van der Waals surface area contributed by atoms with E-state index in [0.29, 0.717) is 12.0 Å². The van der Waals surface area contributed by atoms with Gasteiger partial charge in [-0.1, -0.05) is 39.8 Å². The molecule has 0 heterocycles. The van der Waals surface area contributed by atoms with Crippen LogP contribution in [-0.2, 0) is 0 Å². The Balaban J connectivity index is 2.13. The van der Waals surface area contributed by atoms with E-state index < -0.39 is 0 Å². The van der Waals surface area contributed by atoms with Gasteiger partial charge in [0.2, 0.25) is 0 Å². The molecule has 0 fully saturated rings. The lowest BCUT2D eigenvalue weighted by Gasteiger charge is -2.11. The van der Waals surface area contributed by atoms with E-state index in [2.05, 4.69) is 57.3 Å². The Morgan fingerprint density at radius 2 is 1.70 bits per heavy atom. The normalized spacial score (nSPS) is 12.7. The lowest BCUT2D eigenvalue weighted by Crippen LogP contribution is -2.23. The van der Waals surface area contributed by atoms with Crippen LogP contribution in [0.3, 0.4) is 0 Å². The van der Waals surface area contributed by atoms with Crippen LogP contribution >= 0.6 is 0 Å². The van der Waals surface area contributed by atoms with Crippen LogP contribution in [0.25, 0.3) is 0 Å². The van der Waals surface area contributed by atoms with Gasteiger partial charge in [-0.2, -0.15) is 0 Å². The highest BCUT2D eigenvalue weighted by atomic mass is 16.5. The van der Waals surface area contributed by atoms with E-state index in [9.17, 15) is 0 Å². The molecule has 1 atom stereocenters. The summed E-state index contributed by atoms with van der Waals surface area (Å²) < 4.78 is 5.78. The monoisotopic (exact) mass is 277 g/mol. The molecule has 1 unspecified atom stereocenters. The Morgan fingerprint density at radius 1 is 1.00 bits per heavy atom. The van der Waals surface area contributed by atoms with Gasteiger partial charge in [0.25, 0.3) is 0 Å². The quantitative estimate of drug-likeness (QED) is 0.623. The molecule has 20 heavy (non-hydrogen) atoms. The second kappa shape index (κ2) is 9.82. The van der Waals surface area contributed by atoms with Crippen molar-refractivity contribution in [2.75, 3.05) is 13.2 Å². The number of nitrogens with one attached hydrogen (secondary N) is 1. The predicted octanol–water partition coefficient (Wildman–Crippen LogP) is 4.75. The van der Waals surface area contributed by atoms with Crippen LogP contribution in [-0.4, -0.2) is 19.2 Å². The predicted molar refractivity (Wildman–Crippen MR) is 87.6 cm³/mol. The first-order valence-electron chi connectivity index (χ1n) is 8.09. The third-order valence-corrected chi connectivity index (χ3v) is 3.70. The van der Waals surface area contributed by atoms with Gasteiger partial charge in [0, 0.05) is 6.04 Å². The minimum absolute atomic E-state index is 0.593. The zero-order valence-electron chi connectivity index (χ0n) is 13.6. The minimum atomic E-state index is 0.593. The molecule has 0 aromatic heterocycles. The van der Waals surface area contributed by atoms with E-state index in [1.165, 1.54) is 24.8 Å². The fraction of sp³-hybridized carbons (Fsp3) is 0.667. The highest BCUT2D eigenvalue weighted by Gasteiger charge is 2.02. The average Bonchev–Trinajstić information content (AvgIpc) is 2.45. The number of ether oxygens (including phenoxy) is 1. The molecule has 1 N–H and O–H groups in total. The Labute approximate surface area is 124 Å². The Morgan fingerprint density at radius 3 is 2.30 bits per heavy atom. The van der Waals surface area contributed by atoms with E-state index in [1.54, 1.807) is 0 Å². The number of hydrogen-bond donors (Lipinski definition) is 1. The molecular weight excluding hydrogens is 246 g/mol. The number of hydrogen-bond acceptors (Lipinski definition) is 2. The fourth-order valence-corrected chi connectivity index (χ4v) is 2.11. The van der Waals surface area contributed by atoms with Crippen molar-refractivity contribution in [2.24, 2.45) is 0 Å². The van der Waals surface area contributed by atoms with Gasteiger partial charge in [-0.3, -0.25) is 0 Å². The van der Waals surface area contributed by atoms with Crippen LogP contribution in [0.5, 0.6) is 5.75 Å². The first-order valence-corrected chi connectivity index (χ1v) is 8.09. The Kier molecular flexibility index (Phi) is 8.36. The van der Waals surface area contributed by atoms with E-state index >= 15 is 0 Å². The average molecular weight is 277 g/mol. The van der Waals surface area contributed by atoms with Gasteiger partial charge in [0.05, 0.1) is 6.61 Å². The summed E-state index contributed by atoms with van der Waals surface area (Å²) in [5.74, 6) is 1.63. The van der Waals surface area contributed by atoms with Gasteiger partial charge in [-0.15, -0.1) is 0 Å². The third-order valence-electron chi connectivity index (χ3n) is 3.70. The fourth-order valence-electron chi connectivity index (χ4n) is 2.11. The molecule has 1 aromatic rings. The largest absolute Gasteiger partial charge is 0.494 e. The molecule has 0 bridgehead atoms. The zero-order valence-corrected chi connectivity index (χ0v) is 13.6. The van der Waals surface area contributed by atoms with Crippen molar-refractivity contribution in [1.29, 1.82) is 0 Å². The Hall–Kier alpha value is -1.02. The van der Waals surface area contributed by atoms with E-state index in [0.717, 1.165) is 25.3 Å². The highest BCUT2D eigenvalue weighted by Crippen LogP contribution is 2.21. The summed E-state index contributed by atoms with van der Waals surface area (Å²) in [5, 5.41) is 3.44. The van der Waals surface area contributed by atoms with Crippen LogP contribution in [0.4, 0.5) is 0 Å². The SMILES string of the molecule is CCC(C)c1ccc(OCCCCCNC(C)C)cc1. The third kappa shape index (κ3) is 6.95. The molecule has 1 aromatic carbocycles. The molecule has 0 amide bonds. The van der Waals surface area contributed by atoms with Crippen molar-refractivity contribution in [3.63, 3.8) is 0 Å². The summed E-state index contributed by atoms with van der Waals surface area (Å²) in [6.45, 7) is 10.8. The summed E-state index contributed by atoms with van der Waals surface area (Å²) >= 11 is 0. The van der Waals surface area contributed by atoms with Crippen molar-refractivity contribution in [2.45, 2.75) is 65.3 Å². The van der Waals surface area contributed by atoms with Gasteiger partial charge < -0.3 is 10.1 Å². The van der Waals surface area contributed by atoms with Crippen molar-refractivity contribution in [1.82, 2.24) is 5.32 Å². The number of rotatable bonds is 10. The van der Waals surface area contributed by atoms with E-state index in [4.69, 9.17) is 4.74 Å². The summed E-state index contributed by atoms with van der Waals surface area (Å²) in [7, 11) is 0. The van der Waals surface area contributed by atoms with Gasteiger partial charge in [0.15, 0.2) is 0 Å². The highest BCUT2D eigenvalue weighted by molar-refractivity contribution is 5.29. The van der Waals surface area contributed by atoms with E-state index in [1.807, 2.05) is 0 Å². The molecule has 1 rings (SSSR count). The molecule has 0 saturated carbocycles. The van der Waals surface area contributed by atoms with Gasteiger partial charge in [0.1, 0.15) is 5.75 Å². The molecule has 0 radical (unpaired) electrons. The van der Waals surface area contributed by atoms with Crippen molar-refractivity contribution >= 4 is 0 Å². The molecule has 0 aliphatic heterocycles. The van der Waals surface area contributed by atoms with Crippen molar-refractivity contribution < 1.29 is 4.74 Å². The number of unbranched alkanes of at least 4 members (excludes halogenated alkanes) is 2. The molecule has 0 saturated heterocycles. The van der Waals surface area contributed by atoms with E-state index in [-0.39, 0.29) is 0 Å². The molecule has 2 heteroatoms. The van der Waals surface area contributed by atoms with Crippen molar-refractivity contribution in [3.8, 4) is 5.75 Å². The summed E-state index contributed by atoms with van der Waals surface area (Å²) in [6, 6.07) is 9.17. The number of benzene rings is 1.